The van der Waals surface area contributed by atoms with Crippen molar-refractivity contribution in [2.24, 2.45) is 0 Å². The Bertz CT molecular complexity index is 1250. The largest absolute Gasteiger partial charge is 0.454 e. The fourth-order valence-corrected chi connectivity index (χ4v) is 3.50. The average Bonchev–Trinajstić information content (AvgIpc) is 3.43. The van der Waals surface area contributed by atoms with Gasteiger partial charge < -0.3 is 19.8 Å². The second kappa shape index (κ2) is 8.74. The maximum Gasteiger partial charge on any atom is 0.404 e. The van der Waals surface area contributed by atoms with Crippen LogP contribution < -0.4 is 5.32 Å². The predicted molar refractivity (Wildman–Crippen MR) is 115 cm³/mol. The van der Waals surface area contributed by atoms with E-state index in [-0.39, 0.29) is 28.4 Å². The SMILES string of the molecule is O=C(Nc1nn(Cc2ccccc2)cc1Cl)c1ccc(Cn2cc(Br)c([N+](=O)[O-])n2)o1. The molecule has 0 saturated heterocycles. The number of benzene rings is 1. The number of rotatable bonds is 7. The Morgan fingerprint density at radius 1 is 1.13 bits per heavy atom. The van der Waals surface area contributed by atoms with Crippen LogP contribution in [0.4, 0.5) is 11.6 Å². The highest BCUT2D eigenvalue weighted by molar-refractivity contribution is 9.10. The van der Waals surface area contributed by atoms with E-state index in [4.69, 9.17) is 16.0 Å². The van der Waals surface area contributed by atoms with Crippen LogP contribution in [0, 0.1) is 10.1 Å². The number of anilines is 1. The summed E-state index contributed by atoms with van der Waals surface area (Å²) in [7, 11) is 0. The fraction of sp³-hybridized carbons (Fsp3) is 0.105. The van der Waals surface area contributed by atoms with E-state index >= 15 is 0 Å². The summed E-state index contributed by atoms with van der Waals surface area (Å²) < 4.78 is 8.76. The molecule has 0 aliphatic rings. The summed E-state index contributed by atoms with van der Waals surface area (Å²) in [5.41, 5.74) is 1.04. The molecule has 1 N–H and O–H groups in total. The van der Waals surface area contributed by atoms with Crippen LogP contribution >= 0.6 is 27.5 Å². The lowest BCUT2D eigenvalue weighted by atomic mass is 10.2. The van der Waals surface area contributed by atoms with Crippen molar-refractivity contribution >= 4 is 45.1 Å². The number of hydrogen-bond acceptors (Lipinski definition) is 6. The van der Waals surface area contributed by atoms with Gasteiger partial charge in [0.1, 0.15) is 21.8 Å². The summed E-state index contributed by atoms with van der Waals surface area (Å²) in [6, 6.07) is 12.8. The molecule has 0 fully saturated rings. The van der Waals surface area contributed by atoms with Crippen molar-refractivity contribution < 1.29 is 14.1 Å². The van der Waals surface area contributed by atoms with E-state index in [1.54, 1.807) is 16.9 Å². The molecule has 1 amide bonds. The number of halogens is 2. The summed E-state index contributed by atoms with van der Waals surface area (Å²) in [6.07, 6.45) is 3.08. The third-order valence-corrected chi connectivity index (χ3v) is 5.05. The lowest BCUT2D eigenvalue weighted by molar-refractivity contribution is -0.390. The van der Waals surface area contributed by atoms with Crippen molar-refractivity contribution in [3.63, 3.8) is 0 Å². The van der Waals surface area contributed by atoms with Gasteiger partial charge in [0.2, 0.25) is 0 Å². The van der Waals surface area contributed by atoms with E-state index in [1.807, 2.05) is 30.3 Å². The molecular formula is C19H14BrClN6O4. The third-order valence-electron chi connectivity index (χ3n) is 4.21. The van der Waals surface area contributed by atoms with Crippen LogP contribution in [0.25, 0.3) is 0 Å². The standard InChI is InChI=1S/C19H14BrClN6O4/c20-14-10-26(24-18(14)27(29)30)9-13-6-7-16(31-13)19(28)22-17-15(21)11-25(23-17)8-12-4-2-1-3-5-12/h1-7,10-11H,8-9H2,(H,22,23,28). The van der Waals surface area contributed by atoms with Gasteiger partial charge in [-0.3, -0.25) is 9.48 Å². The Balaban J connectivity index is 1.42. The molecule has 158 valence electrons. The van der Waals surface area contributed by atoms with Crippen molar-refractivity contribution in [1.29, 1.82) is 0 Å². The molecule has 0 bridgehead atoms. The van der Waals surface area contributed by atoms with Gasteiger partial charge in [-0.15, -0.1) is 0 Å². The molecule has 10 nitrogen and oxygen atoms in total. The first-order chi connectivity index (χ1) is 14.9. The highest BCUT2D eigenvalue weighted by atomic mass is 79.9. The molecular weight excluding hydrogens is 492 g/mol. The first kappa shape index (κ1) is 20.8. The molecule has 4 aromatic rings. The van der Waals surface area contributed by atoms with E-state index < -0.39 is 10.8 Å². The van der Waals surface area contributed by atoms with Gasteiger partial charge in [-0.1, -0.05) is 41.9 Å². The Morgan fingerprint density at radius 2 is 1.87 bits per heavy atom. The van der Waals surface area contributed by atoms with Gasteiger partial charge in [-0.2, -0.15) is 9.78 Å². The summed E-state index contributed by atoms with van der Waals surface area (Å²) in [5, 5.41) is 22.0. The normalized spacial score (nSPS) is 10.9. The number of carbonyl (C=O) groups excluding carboxylic acids is 1. The maximum absolute atomic E-state index is 12.5. The topological polar surface area (TPSA) is 121 Å². The number of furan rings is 1. The molecule has 0 unspecified atom stereocenters. The number of nitro groups is 1. The molecule has 0 saturated carbocycles. The van der Waals surface area contributed by atoms with Crippen LogP contribution in [-0.4, -0.2) is 30.4 Å². The molecule has 0 aliphatic heterocycles. The van der Waals surface area contributed by atoms with Gasteiger partial charge in [0.15, 0.2) is 11.6 Å². The molecule has 3 aromatic heterocycles. The van der Waals surface area contributed by atoms with Gasteiger partial charge in [-0.05, 0) is 38.5 Å². The van der Waals surface area contributed by atoms with Crippen LogP contribution in [0.5, 0.6) is 0 Å². The summed E-state index contributed by atoms with van der Waals surface area (Å²) >= 11 is 9.28. The summed E-state index contributed by atoms with van der Waals surface area (Å²) in [4.78, 5) is 22.8. The lowest BCUT2D eigenvalue weighted by Gasteiger charge is -2.02. The Kier molecular flexibility index (Phi) is 5.87. The van der Waals surface area contributed by atoms with Gasteiger partial charge in [0.25, 0.3) is 5.91 Å². The zero-order valence-corrected chi connectivity index (χ0v) is 18.1. The lowest BCUT2D eigenvalue weighted by Crippen LogP contribution is -2.12. The Labute approximate surface area is 188 Å². The van der Waals surface area contributed by atoms with Crippen LogP contribution in [0.1, 0.15) is 21.9 Å². The van der Waals surface area contributed by atoms with Crippen molar-refractivity contribution in [3.8, 4) is 0 Å². The smallest absolute Gasteiger partial charge is 0.404 e. The van der Waals surface area contributed by atoms with E-state index in [0.29, 0.717) is 17.3 Å². The van der Waals surface area contributed by atoms with Gasteiger partial charge in [0, 0.05) is 6.20 Å². The van der Waals surface area contributed by atoms with Crippen molar-refractivity contribution in [1.82, 2.24) is 19.6 Å². The summed E-state index contributed by atoms with van der Waals surface area (Å²) in [5.74, 6) is -0.164. The van der Waals surface area contributed by atoms with Gasteiger partial charge in [-0.25, -0.2) is 0 Å². The van der Waals surface area contributed by atoms with E-state index in [1.165, 1.54) is 16.9 Å². The highest BCUT2D eigenvalue weighted by Gasteiger charge is 2.20. The molecule has 0 spiro atoms. The molecule has 12 heteroatoms. The van der Waals surface area contributed by atoms with Crippen LogP contribution in [0.15, 0.2) is 63.7 Å². The number of hydrogen-bond donors (Lipinski definition) is 1. The zero-order chi connectivity index (χ0) is 22.0. The highest BCUT2D eigenvalue weighted by Crippen LogP contribution is 2.24. The number of nitrogens with zero attached hydrogens (tertiary/aromatic N) is 5. The molecule has 3 heterocycles. The molecule has 31 heavy (non-hydrogen) atoms. The van der Waals surface area contributed by atoms with Crippen LogP contribution in [0.3, 0.4) is 0 Å². The van der Waals surface area contributed by atoms with E-state index in [9.17, 15) is 14.9 Å². The average molecular weight is 506 g/mol. The van der Waals surface area contributed by atoms with Crippen LogP contribution in [0.2, 0.25) is 5.02 Å². The first-order valence-electron chi connectivity index (χ1n) is 8.93. The Hall–Kier alpha value is -3.44. The first-order valence-corrected chi connectivity index (χ1v) is 10.1. The van der Waals surface area contributed by atoms with Crippen molar-refractivity contribution in [2.75, 3.05) is 5.32 Å². The molecule has 0 aliphatic carbocycles. The van der Waals surface area contributed by atoms with Gasteiger partial charge >= 0.3 is 5.82 Å². The fourth-order valence-electron chi connectivity index (χ4n) is 2.84. The minimum atomic E-state index is -0.595. The second-order valence-electron chi connectivity index (χ2n) is 6.48. The maximum atomic E-state index is 12.5. The number of carbonyl (C=O) groups is 1. The monoisotopic (exact) mass is 504 g/mol. The minimum absolute atomic E-state index is 0.0457. The molecule has 0 atom stereocenters. The third kappa shape index (κ3) is 4.84. The van der Waals surface area contributed by atoms with Crippen molar-refractivity contribution in [2.45, 2.75) is 13.1 Å². The van der Waals surface area contributed by atoms with Gasteiger partial charge in [0.05, 0.1) is 17.8 Å². The minimum Gasteiger partial charge on any atom is -0.454 e. The quantitative estimate of drug-likeness (QED) is 0.294. The number of nitrogens with one attached hydrogen (secondary N) is 1. The predicted octanol–water partition coefficient (Wildman–Crippen LogP) is 4.35. The Morgan fingerprint density at radius 3 is 2.58 bits per heavy atom. The van der Waals surface area contributed by atoms with Crippen LogP contribution in [-0.2, 0) is 13.1 Å². The second-order valence-corrected chi connectivity index (χ2v) is 7.75. The number of aromatic nitrogens is 4. The van der Waals surface area contributed by atoms with E-state index in [0.717, 1.165) is 5.56 Å². The zero-order valence-electron chi connectivity index (χ0n) is 15.7. The van der Waals surface area contributed by atoms with Crippen molar-refractivity contribution in [3.05, 3.63) is 91.6 Å². The summed E-state index contributed by atoms with van der Waals surface area (Å²) in [6.45, 7) is 0.624. The van der Waals surface area contributed by atoms with E-state index in [2.05, 4.69) is 31.4 Å². The molecule has 0 radical (unpaired) electrons. The number of amides is 1. The molecule has 4 rings (SSSR count). The molecule has 1 aromatic carbocycles.